The van der Waals surface area contributed by atoms with E-state index in [2.05, 4.69) is 44.5 Å². The van der Waals surface area contributed by atoms with Gasteiger partial charge < -0.3 is 27.9 Å². The van der Waals surface area contributed by atoms with Gasteiger partial charge in [-0.15, -0.1) is 0 Å². The van der Waals surface area contributed by atoms with Gasteiger partial charge in [0.15, 0.2) is 8.32 Å². The fourth-order valence-electron chi connectivity index (χ4n) is 4.46. The lowest BCUT2D eigenvalue weighted by Crippen LogP contribution is -2.41. The summed E-state index contributed by atoms with van der Waals surface area (Å²) in [5.41, 5.74) is 3.57. The van der Waals surface area contributed by atoms with Crippen LogP contribution in [0.15, 0.2) is 66.7 Å². The van der Waals surface area contributed by atoms with Crippen molar-refractivity contribution in [3.05, 3.63) is 83.4 Å². The molecule has 3 aromatic rings. The van der Waals surface area contributed by atoms with E-state index in [1.165, 1.54) is 0 Å². The number of carbonyl (C=O) groups excluding carboxylic acids is 2. The highest BCUT2D eigenvalue weighted by Crippen LogP contribution is 2.38. The van der Waals surface area contributed by atoms with Crippen molar-refractivity contribution in [2.45, 2.75) is 97.6 Å². The molecule has 0 radical (unpaired) electrons. The van der Waals surface area contributed by atoms with Gasteiger partial charge in [0.1, 0.15) is 19.0 Å². The van der Waals surface area contributed by atoms with E-state index >= 15 is 0 Å². The molecule has 12 heteroatoms. The molecule has 2 N–H and O–H groups in total. The van der Waals surface area contributed by atoms with Gasteiger partial charge in [-0.25, -0.2) is 9.59 Å². The summed E-state index contributed by atoms with van der Waals surface area (Å²) in [7, 11) is -0.807. The maximum Gasteiger partial charge on any atom is 0.494 e. The monoisotopic (exact) mass is 676 g/mol. The molecule has 1 saturated heterocycles. The summed E-state index contributed by atoms with van der Waals surface area (Å²) < 4.78 is 34.9. The van der Waals surface area contributed by atoms with E-state index in [1.54, 1.807) is 31.4 Å². The summed E-state index contributed by atoms with van der Waals surface area (Å²) >= 11 is 0. The Labute approximate surface area is 286 Å². The van der Waals surface area contributed by atoms with Crippen LogP contribution in [0.1, 0.15) is 65.2 Å². The average Bonchev–Trinajstić information content (AvgIpc) is 3.24. The highest BCUT2D eigenvalue weighted by Gasteiger charge is 2.51. The van der Waals surface area contributed by atoms with Crippen LogP contribution in [-0.2, 0) is 43.0 Å². The highest BCUT2D eigenvalue weighted by atomic mass is 28.4. The van der Waals surface area contributed by atoms with Crippen molar-refractivity contribution in [2.24, 2.45) is 0 Å². The van der Waals surface area contributed by atoms with E-state index in [0.29, 0.717) is 29.3 Å². The Bertz CT molecular complexity index is 1550. The third kappa shape index (κ3) is 9.40. The number of benzene rings is 3. The molecular weight excluding hydrogens is 627 g/mol. The number of carbonyl (C=O) groups is 2. The molecule has 2 amide bonds. The van der Waals surface area contributed by atoms with Crippen molar-refractivity contribution in [2.75, 3.05) is 17.7 Å². The Balaban J connectivity index is 1.20. The summed E-state index contributed by atoms with van der Waals surface area (Å²) in [4.78, 5) is 24.9. The van der Waals surface area contributed by atoms with Crippen LogP contribution in [0.5, 0.6) is 5.75 Å². The molecule has 10 nitrogen and oxygen atoms in total. The molecule has 0 spiro atoms. The fourth-order valence-corrected chi connectivity index (χ4v) is 5.42. The molecule has 0 atom stereocenters. The van der Waals surface area contributed by atoms with Crippen molar-refractivity contribution in [1.82, 2.24) is 0 Å². The maximum atomic E-state index is 12.5. The van der Waals surface area contributed by atoms with Crippen molar-refractivity contribution >= 4 is 44.5 Å². The van der Waals surface area contributed by atoms with Gasteiger partial charge in [-0.05, 0) is 92.7 Å². The zero-order valence-electron chi connectivity index (χ0n) is 29.8. The van der Waals surface area contributed by atoms with Crippen LogP contribution in [0, 0.1) is 0 Å². The van der Waals surface area contributed by atoms with Crippen LogP contribution < -0.4 is 20.8 Å². The van der Waals surface area contributed by atoms with E-state index in [-0.39, 0.29) is 18.3 Å². The third-order valence-electron chi connectivity index (χ3n) is 9.37. The number of nitrogens with one attached hydrogen (secondary N) is 2. The second-order valence-corrected chi connectivity index (χ2v) is 19.3. The topological polar surface area (TPSA) is 114 Å². The first-order chi connectivity index (χ1) is 22.4. The molecule has 1 aliphatic rings. The Morgan fingerprint density at radius 3 is 1.71 bits per heavy atom. The number of hydrogen-bond acceptors (Lipinski definition) is 8. The summed E-state index contributed by atoms with van der Waals surface area (Å²) in [5.74, 6) is 0.562. The smallest absolute Gasteiger partial charge is 0.494 e. The molecule has 3 aromatic carbocycles. The first kappa shape index (κ1) is 37.0. The first-order valence-corrected chi connectivity index (χ1v) is 19.0. The van der Waals surface area contributed by atoms with Gasteiger partial charge in [0.05, 0.1) is 24.9 Å². The van der Waals surface area contributed by atoms with E-state index in [0.717, 1.165) is 16.6 Å². The second kappa shape index (κ2) is 14.7. The molecule has 0 aliphatic carbocycles. The summed E-state index contributed by atoms with van der Waals surface area (Å²) in [6.45, 7) is 19.7. The molecule has 258 valence electrons. The SMILES string of the molecule is COc1cc(B2OC(C)(C)C(C)(C)O2)ccc1COC(=O)Nc1ccc(COC(=O)Nc2ccc(CO[Si](C)(C)C(C)(C)C)cc2)cc1. The Morgan fingerprint density at radius 1 is 0.750 bits per heavy atom. The fraction of sp³-hybridized carbons (Fsp3) is 0.444. The minimum Gasteiger partial charge on any atom is -0.496 e. The molecule has 1 fully saturated rings. The zero-order chi connectivity index (χ0) is 35.3. The van der Waals surface area contributed by atoms with Crippen molar-refractivity contribution in [1.29, 1.82) is 0 Å². The minimum atomic E-state index is -1.84. The number of amides is 2. The van der Waals surface area contributed by atoms with Gasteiger partial charge in [0, 0.05) is 16.9 Å². The standard InChI is InChI=1S/C36H49BN2O8Si/c1-34(2,3)48(9,10)45-23-26-13-19-30(20-14-26)38-32(40)43-22-25-11-17-29(18-12-25)39-33(41)44-24-27-15-16-28(21-31(27)42-8)37-46-35(4,5)36(6,7)47-37/h11-21H,22-24H2,1-10H3,(H,38,40)(H,39,41). The molecular formula is C36H49BN2O8Si. The lowest BCUT2D eigenvalue weighted by atomic mass is 9.78. The summed E-state index contributed by atoms with van der Waals surface area (Å²) in [6.07, 6.45) is -1.18. The Hall–Kier alpha value is -3.84. The minimum absolute atomic E-state index is 0.00707. The van der Waals surface area contributed by atoms with Crippen molar-refractivity contribution in [3.8, 4) is 5.75 Å². The van der Waals surface area contributed by atoms with Crippen LogP contribution in [-0.4, -0.2) is 45.9 Å². The van der Waals surface area contributed by atoms with E-state index < -0.39 is 38.8 Å². The molecule has 1 aliphatic heterocycles. The number of rotatable bonds is 11. The third-order valence-corrected chi connectivity index (χ3v) is 13.9. The van der Waals surface area contributed by atoms with Crippen LogP contribution >= 0.6 is 0 Å². The second-order valence-electron chi connectivity index (χ2n) is 14.5. The lowest BCUT2D eigenvalue weighted by Gasteiger charge is -2.36. The molecule has 0 saturated carbocycles. The Kier molecular flexibility index (Phi) is 11.4. The largest absolute Gasteiger partial charge is 0.496 e. The maximum absolute atomic E-state index is 12.5. The molecule has 1 heterocycles. The van der Waals surface area contributed by atoms with E-state index in [9.17, 15) is 9.59 Å². The molecule has 0 bridgehead atoms. The van der Waals surface area contributed by atoms with Gasteiger partial charge in [0.2, 0.25) is 0 Å². The number of methoxy groups -OCH3 is 1. The van der Waals surface area contributed by atoms with Gasteiger partial charge in [0.25, 0.3) is 0 Å². The first-order valence-electron chi connectivity index (χ1n) is 16.1. The van der Waals surface area contributed by atoms with Crippen molar-refractivity contribution in [3.63, 3.8) is 0 Å². The zero-order valence-corrected chi connectivity index (χ0v) is 30.8. The molecule has 0 unspecified atom stereocenters. The highest BCUT2D eigenvalue weighted by molar-refractivity contribution is 6.74. The van der Waals surface area contributed by atoms with Gasteiger partial charge in [-0.3, -0.25) is 10.6 Å². The number of anilines is 2. The van der Waals surface area contributed by atoms with Gasteiger partial charge in [-0.1, -0.05) is 57.2 Å². The lowest BCUT2D eigenvalue weighted by molar-refractivity contribution is 0.00578. The van der Waals surface area contributed by atoms with E-state index in [4.69, 9.17) is 27.9 Å². The quantitative estimate of drug-likeness (QED) is 0.197. The average molecular weight is 677 g/mol. The molecule has 4 rings (SSSR count). The summed E-state index contributed by atoms with van der Waals surface area (Å²) in [6, 6.07) is 20.0. The van der Waals surface area contributed by atoms with Gasteiger partial charge in [-0.2, -0.15) is 0 Å². The predicted octanol–water partition coefficient (Wildman–Crippen LogP) is 8.01. The predicted molar refractivity (Wildman–Crippen MR) is 191 cm³/mol. The normalized spacial score (nSPS) is 15.5. The molecule has 48 heavy (non-hydrogen) atoms. The van der Waals surface area contributed by atoms with Crippen molar-refractivity contribution < 1.29 is 37.5 Å². The summed E-state index contributed by atoms with van der Waals surface area (Å²) in [5, 5.41) is 5.59. The van der Waals surface area contributed by atoms with Crippen LogP contribution in [0.4, 0.5) is 21.0 Å². The van der Waals surface area contributed by atoms with Crippen LogP contribution in [0.2, 0.25) is 18.1 Å². The number of hydrogen-bond donors (Lipinski definition) is 2. The molecule has 0 aromatic heterocycles. The van der Waals surface area contributed by atoms with E-state index in [1.807, 2.05) is 70.2 Å². The van der Waals surface area contributed by atoms with Crippen LogP contribution in [0.3, 0.4) is 0 Å². The van der Waals surface area contributed by atoms with Crippen LogP contribution in [0.25, 0.3) is 0 Å². The number of ether oxygens (including phenoxy) is 3. The Morgan fingerprint density at radius 2 is 1.23 bits per heavy atom. The van der Waals surface area contributed by atoms with Gasteiger partial charge >= 0.3 is 19.3 Å².